The first-order chi connectivity index (χ1) is 10.3. The van der Waals surface area contributed by atoms with E-state index in [-0.39, 0.29) is 36.1 Å². The molecule has 0 radical (unpaired) electrons. The summed E-state index contributed by atoms with van der Waals surface area (Å²) in [6, 6.07) is 4.06. The lowest BCUT2D eigenvalue weighted by Gasteiger charge is -2.28. The van der Waals surface area contributed by atoms with Crippen molar-refractivity contribution in [3.8, 4) is 0 Å². The number of halogens is 1. The summed E-state index contributed by atoms with van der Waals surface area (Å²) in [7, 11) is 0. The Morgan fingerprint density at radius 3 is 2.27 bits per heavy atom. The predicted molar refractivity (Wildman–Crippen MR) is 89.0 cm³/mol. The summed E-state index contributed by atoms with van der Waals surface area (Å²) in [5.74, 6) is -1.78. The molecule has 118 valence electrons. The van der Waals surface area contributed by atoms with Gasteiger partial charge in [-0.1, -0.05) is 28.9 Å². The molecule has 1 aliphatic carbocycles. The molecule has 1 saturated carbocycles. The van der Waals surface area contributed by atoms with E-state index in [4.69, 9.17) is 0 Å². The van der Waals surface area contributed by atoms with E-state index in [9.17, 15) is 14.4 Å². The average Bonchev–Trinajstić information content (AvgIpc) is 2.36. The maximum Gasteiger partial charge on any atom is 0.151 e. The summed E-state index contributed by atoms with van der Waals surface area (Å²) in [5, 5.41) is 0. The first-order valence-electron chi connectivity index (χ1n) is 7.70. The highest BCUT2D eigenvalue weighted by atomic mass is 79.9. The summed E-state index contributed by atoms with van der Waals surface area (Å²) in [6.07, 6.45) is 1.52. The van der Waals surface area contributed by atoms with Crippen molar-refractivity contribution in [2.75, 3.05) is 0 Å². The summed E-state index contributed by atoms with van der Waals surface area (Å²) >= 11 is 3.55. The maximum absolute atomic E-state index is 12.3. The molecule has 0 aromatic heterocycles. The van der Waals surface area contributed by atoms with Gasteiger partial charge < -0.3 is 0 Å². The highest BCUT2D eigenvalue weighted by Gasteiger charge is 2.40. The summed E-state index contributed by atoms with van der Waals surface area (Å²) in [5.41, 5.74) is 3.24. The van der Waals surface area contributed by atoms with Crippen molar-refractivity contribution in [1.29, 1.82) is 0 Å². The Kier molecular flexibility index (Phi) is 5.32. The van der Waals surface area contributed by atoms with E-state index in [2.05, 4.69) is 22.0 Å². The summed E-state index contributed by atoms with van der Waals surface area (Å²) in [6.45, 7) is 5.89. The molecule has 0 heterocycles. The Labute approximate surface area is 139 Å². The van der Waals surface area contributed by atoms with E-state index >= 15 is 0 Å². The van der Waals surface area contributed by atoms with Gasteiger partial charge in [-0.2, -0.15) is 0 Å². The van der Waals surface area contributed by atoms with Crippen molar-refractivity contribution in [1.82, 2.24) is 0 Å². The van der Waals surface area contributed by atoms with Crippen LogP contribution in [0.3, 0.4) is 0 Å². The van der Waals surface area contributed by atoms with Crippen LogP contribution in [0.1, 0.15) is 55.2 Å². The molecule has 0 atom stereocenters. The fourth-order valence-corrected chi connectivity index (χ4v) is 4.37. The topological polar surface area (TPSA) is 51.2 Å². The zero-order valence-corrected chi connectivity index (χ0v) is 14.8. The van der Waals surface area contributed by atoms with Gasteiger partial charge in [0.05, 0.1) is 0 Å². The smallest absolute Gasteiger partial charge is 0.151 e. The van der Waals surface area contributed by atoms with Crippen molar-refractivity contribution in [3.05, 3.63) is 33.3 Å². The number of ketones is 3. The molecule has 0 amide bonds. The number of carbonyl (C=O) groups is 3. The molecule has 0 spiro atoms. The Morgan fingerprint density at radius 1 is 1.18 bits per heavy atom. The van der Waals surface area contributed by atoms with Gasteiger partial charge in [0, 0.05) is 23.7 Å². The minimum atomic E-state index is -1.01. The number of benzene rings is 1. The fourth-order valence-electron chi connectivity index (χ4n) is 3.37. The lowest BCUT2D eigenvalue weighted by atomic mass is 9.74. The number of Topliss-reactive ketones (excluding diaryl/α,β-unsaturated/α-hetero) is 3. The van der Waals surface area contributed by atoms with Crippen molar-refractivity contribution in [2.45, 2.75) is 52.4 Å². The molecule has 1 aromatic carbocycles. The molecule has 22 heavy (non-hydrogen) atoms. The molecule has 0 N–H and O–H groups in total. The van der Waals surface area contributed by atoms with Gasteiger partial charge in [0.25, 0.3) is 0 Å². The molecule has 1 aliphatic rings. The Bertz CT molecular complexity index is 592. The summed E-state index contributed by atoms with van der Waals surface area (Å²) in [4.78, 5) is 36.7. The van der Waals surface area contributed by atoms with Crippen LogP contribution in [0.5, 0.6) is 0 Å². The second-order valence-electron chi connectivity index (χ2n) is 6.16. The molecule has 3 nitrogen and oxygen atoms in total. The van der Waals surface area contributed by atoms with Gasteiger partial charge in [-0.15, -0.1) is 0 Å². The number of aryl methyl sites for hydroxylation is 2. The maximum atomic E-state index is 12.3. The molecule has 0 bridgehead atoms. The third-order valence-electron chi connectivity index (χ3n) is 4.25. The molecule has 2 rings (SSSR count). The van der Waals surface area contributed by atoms with Gasteiger partial charge in [0.15, 0.2) is 17.3 Å². The monoisotopic (exact) mass is 364 g/mol. The van der Waals surface area contributed by atoms with E-state index in [0.717, 1.165) is 21.2 Å². The van der Waals surface area contributed by atoms with Gasteiger partial charge in [-0.25, -0.2) is 0 Å². The fraction of sp³-hybridized carbons (Fsp3) is 0.500. The third-order valence-corrected chi connectivity index (χ3v) is 4.90. The van der Waals surface area contributed by atoms with Crippen LogP contribution in [-0.2, 0) is 14.4 Å². The minimum Gasteiger partial charge on any atom is -0.298 e. The van der Waals surface area contributed by atoms with Gasteiger partial charge in [-0.3, -0.25) is 14.4 Å². The lowest BCUT2D eigenvalue weighted by Crippen LogP contribution is -2.38. The molecule has 0 unspecified atom stereocenters. The molecule has 0 aliphatic heterocycles. The molecule has 1 aromatic rings. The largest absolute Gasteiger partial charge is 0.298 e. The highest BCUT2D eigenvalue weighted by Crippen LogP contribution is 2.38. The number of carbonyl (C=O) groups excluding carboxylic acids is 3. The van der Waals surface area contributed by atoms with Crippen LogP contribution < -0.4 is 0 Å². The van der Waals surface area contributed by atoms with E-state index in [1.54, 1.807) is 0 Å². The lowest BCUT2D eigenvalue weighted by molar-refractivity contribution is -0.142. The Balaban J connectivity index is 2.27. The normalized spacial score (nSPS) is 22.0. The van der Waals surface area contributed by atoms with Crippen molar-refractivity contribution in [3.63, 3.8) is 0 Å². The van der Waals surface area contributed by atoms with Crippen molar-refractivity contribution < 1.29 is 14.4 Å². The van der Waals surface area contributed by atoms with E-state index in [1.165, 1.54) is 0 Å². The minimum absolute atomic E-state index is 0.124. The Hall–Kier alpha value is -1.29. The van der Waals surface area contributed by atoms with Gasteiger partial charge >= 0.3 is 0 Å². The summed E-state index contributed by atoms with van der Waals surface area (Å²) < 4.78 is 0.939. The second-order valence-corrected chi connectivity index (χ2v) is 7.02. The van der Waals surface area contributed by atoms with Crippen LogP contribution in [0.25, 0.3) is 0 Å². The second kappa shape index (κ2) is 6.86. The third kappa shape index (κ3) is 3.37. The van der Waals surface area contributed by atoms with E-state index in [1.807, 2.05) is 26.8 Å². The number of rotatable bonds is 4. The van der Waals surface area contributed by atoms with Crippen LogP contribution >= 0.6 is 15.9 Å². The molecule has 0 saturated heterocycles. The van der Waals surface area contributed by atoms with E-state index < -0.39 is 5.92 Å². The van der Waals surface area contributed by atoms with Crippen LogP contribution in [0, 0.1) is 19.8 Å². The quantitative estimate of drug-likeness (QED) is 0.756. The average molecular weight is 365 g/mol. The Morgan fingerprint density at radius 2 is 1.77 bits per heavy atom. The van der Waals surface area contributed by atoms with Gasteiger partial charge in [0.2, 0.25) is 0 Å². The highest BCUT2D eigenvalue weighted by molar-refractivity contribution is 9.10. The van der Waals surface area contributed by atoms with Crippen molar-refractivity contribution >= 4 is 33.3 Å². The van der Waals surface area contributed by atoms with E-state index in [0.29, 0.717) is 12.8 Å². The predicted octanol–water partition coefficient (Wildman–Crippen LogP) is 4.07. The standard InChI is InChI=1S/C18H21BrO3/c1-4-5-14(20)18-15(21)8-12(9-16(18)22)17-11(3)6-10(2)7-13(17)19/h6-7,12,18H,4-5,8-9H2,1-3H3. The van der Waals surface area contributed by atoms with Crippen molar-refractivity contribution in [2.24, 2.45) is 5.92 Å². The number of hydrogen-bond acceptors (Lipinski definition) is 3. The van der Waals surface area contributed by atoms with Gasteiger partial charge in [-0.05, 0) is 48.9 Å². The van der Waals surface area contributed by atoms with Crippen LogP contribution in [0.2, 0.25) is 0 Å². The zero-order chi connectivity index (χ0) is 16.4. The molecule has 1 fully saturated rings. The molecule has 4 heteroatoms. The first kappa shape index (κ1) is 17.1. The van der Waals surface area contributed by atoms with Gasteiger partial charge in [0.1, 0.15) is 5.92 Å². The van der Waals surface area contributed by atoms with Crippen LogP contribution in [-0.4, -0.2) is 17.3 Å². The molecular formula is C18H21BrO3. The SMILES string of the molecule is CCCC(=O)C1C(=O)CC(c2c(C)cc(C)cc2Br)CC1=O. The molecular weight excluding hydrogens is 344 g/mol. The van der Waals surface area contributed by atoms with Crippen LogP contribution in [0.4, 0.5) is 0 Å². The first-order valence-corrected chi connectivity index (χ1v) is 8.49. The number of hydrogen-bond donors (Lipinski definition) is 0. The zero-order valence-electron chi connectivity index (χ0n) is 13.2. The van der Waals surface area contributed by atoms with Crippen LogP contribution in [0.15, 0.2) is 16.6 Å².